The van der Waals surface area contributed by atoms with Gasteiger partial charge in [-0.05, 0) is 37.3 Å². The maximum Gasteiger partial charge on any atom is 0.133 e. The van der Waals surface area contributed by atoms with Gasteiger partial charge in [0.15, 0.2) is 0 Å². The summed E-state index contributed by atoms with van der Waals surface area (Å²) in [6.45, 7) is 7.56. The second-order valence-electron chi connectivity index (χ2n) is 5.96. The standard InChI is InChI=1S/C15H24O3/c1-11(6-8-16)5-7-15(18)12(2)9-13(17)10-14(15,3)4/h6,12-13,16-18H,8-10H2,1-4H3/b11-6+/t12?,13-,15+/m1/s1. The van der Waals surface area contributed by atoms with Gasteiger partial charge in [0.1, 0.15) is 5.60 Å². The van der Waals surface area contributed by atoms with E-state index in [1.807, 2.05) is 27.7 Å². The summed E-state index contributed by atoms with van der Waals surface area (Å²) in [5.41, 5.74) is -0.798. The molecule has 1 rings (SSSR count). The maximum atomic E-state index is 10.8. The number of rotatable bonds is 1. The maximum absolute atomic E-state index is 10.8. The van der Waals surface area contributed by atoms with E-state index in [9.17, 15) is 10.2 Å². The van der Waals surface area contributed by atoms with Crippen LogP contribution in [0.1, 0.15) is 40.5 Å². The Morgan fingerprint density at radius 1 is 1.44 bits per heavy atom. The highest BCUT2D eigenvalue weighted by Crippen LogP contribution is 2.46. The largest absolute Gasteiger partial charge is 0.393 e. The summed E-state index contributed by atoms with van der Waals surface area (Å²) in [4.78, 5) is 0. The molecule has 0 aromatic carbocycles. The molecular formula is C15H24O3. The molecular weight excluding hydrogens is 228 g/mol. The molecule has 0 bridgehead atoms. The van der Waals surface area contributed by atoms with E-state index in [0.717, 1.165) is 5.57 Å². The van der Waals surface area contributed by atoms with E-state index in [-0.39, 0.29) is 18.6 Å². The predicted octanol–water partition coefficient (Wildman–Crippen LogP) is 1.48. The first-order valence-electron chi connectivity index (χ1n) is 6.44. The van der Waals surface area contributed by atoms with Gasteiger partial charge in [-0.1, -0.05) is 32.6 Å². The quantitative estimate of drug-likeness (QED) is 0.619. The minimum Gasteiger partial charge on any atom is -0.393 e. The van der Waals surface area contributed by atoms with Crippen molar-refractivity contribution < 1.29 is 15.3 Å². The van der Waals surface area contributed by atoms with Crippen LogP contribution in [0.3, 0.4) is 0 Å². The predicted molar refractivity (Wildman–Crippen MR) is 71.8 cm³/mol. The van der Waals surface area contributed by atoms with Crippen LogP contribution in [0, 0.1) is 23.2 Å². The normalized spacial score (nSPS) is 35.8. The minimum atomic E-state index is -1.10. The van der Waals surface area contributed by atoms with Crippen LogP contribution in [0.2, 0.25) is 0 Å². The van der Waals surface area contributed by atoms with Crippen LogP contribution in [0.5, 0.6) is 0 Å². The molecule has 1 unspecified atom stereocenters. The van der Waals surface area contributed by atoms with E-state index >= 15 is 0 Å². The molecule has 3 N–H and O–H groups in total. The van der Waals surface area contributed by atoms with Gasteiger partial charge in [0.2, 0.25) is 0 Å². The first kappa shape index (κ1) is 15.2. The van der Waals surface area contributed by atoms with Gasteiger partial charge in [-0.2, -0.15) is 0 Å². The topological polar surface area (TPSA) is 60.7 Å². The molecule has 1 saturated carbocycles. The lowest BCUT2D eigenvalue weighted by molar-refractivity contribution is -0.121. The number of allylic oxidation sites excluding steroid dienone is 1. The van der Waals surface area contributed by atoms with Crippen molar-refractivity contribution in [2.75, 3.05) is 6.61 Å². The van der Waals surface area contributed by atoms with E-state index < -0.39 is 11.0 Å². The number of aliphatic hydroxyl groups is 3. The molecule has 3 nitrogen and oxygen atoms in total. The number of aliphatic hydroxyl groups excluding tert-OH is 2. The van der Waals surface area contributed by atoms with Crippen molar-refractivity contribution in [3.05, 3.63) is 11.6 Å². The van der Waals surface area contributed by atoms with Crippen molar-refractivity contribution >= 4 is 0 Å². The molecule has 0 spiro atoms. The molecule has 1 aliphatic carbocycles. The summed E-state index contributed by atoms with van der Waals surface area (Å²) < 4.78 is 0. The third-order valence-electron chi connectivity index (χ3n) is 3.96. The van der Waals surface area contributed by atoms with Gasteiger partial charge >= 0.3 is 0 Å². The van der Waals surface area contributed by atoms with E-state index in [0.29, 0.717) is 12.8 Å². The highest BCUT2D eigenvalue weighted by molar-refractivity contribution is 5.33. The van der Waals surface area contributed by atoms with Gasteiger partial charge in [0, 0.05) is 5.41 Å². The summed E-state index contributed by atoms with van der Waals surface area (Å²) >= 11 is 0. The molecule has 0 heterocycles. The molecule has 102 valence electrons. The summed E-state index contributed by atoms with van der Waals surface area (Å²) in [5.74, 6) is 5.79. The first-order valence-corrected chi connectivity index (χ1v) is 6.44. The highest BCUT2D eigenvalue weighted by Gasteiger charge is 2.51. The molecule has 0 aliphatic heterocycles. The van der Waals surface area contributed by atoms with Crippen LogP contribution in [-0.2, 0) is 0 Å². The summed E-state index contributed by atoms with van der Waals surface area (Å²) in [5, 5.41) is 29.4. The third-order valence-corrected chi connectivity index (χ3v) is 3.96. The second-order valence-corrected chi connectivity index (χ2v) is 5.96. The van der Waals surface area contributed by atoms with Gasteiger partial charge in [-0.3, -0.25) is 0 Å². The fourth-order valence-corrected chi connectivity index (χ4v) is 2.75. The Morgan fingerprint density at radius 3 is 2.56 bits per heavy atom. The molecule has 0 radical (unpaired) electrons. The van der Waals surface area contributed by atoms with Crippen LogP contribution in [0.15, 0.2) is 11.6 Å². The zero-order chi connectivity index (χ0) is 14.0. The van der Waals surface area contributed by atoms with Crippen LogP contribution in [0.25, 0.3) is 0 Å². The summed E-state index contributed by atoms with van der Waals surface area (Å²) in [6.07, 6.45) is 2.36. The average Bonchev–Trinajstić information content (AvgIpc) is 2.23. The fourth-order valence-electron chi connectivity index (χ4n) is 2.75. The summed E-state index contributed by atoms with van der Waals surface area (Å²) in [6, 6.07) is 0. The van der Waals surface area contributed by atoms with E-state index in [4.69, 9.17) is 5.11 Å². The van der Waals surface area contributed by atoms with Gasteiger partial charge < -0.3 is 15.3 Å². The zero-order valence-electron chi connectivity index (χ0n) is 11.7. The average molecular weight is 252 g/mol. The first-order chi connectivity index (χ1) is 8.23. The molecule has 3 heteroatoms. The van der Waals surface area contributed by atoms with Crippen molar-refractivity contribution in [1.29, 1.82) is 0 Å². The minimum absolute atomic E-state index is 0.0450. The van der Waals surface area contributed by atoms with Crippen molar-refractivity contribution in [3.8, 4) is 11.8 Å². The van der Waals surface area contributed by atoms with E-state index in [2.05, 4.69) is 11.8 Å². The molecule has 0 aromatic heterocycles. The van der Waals surface area contributed by atoms with Crippen LogP contribution in [-0.4, -0.2) is 33.6 Å². The second kappa shape index (κ2) is 5.44. The Hall–Kier alpha value is -0.820. The lowest BCUT2D eigenvalue weighted by Gasteiger charge is -2.48. The number of hydrogen-bond acceptors (Lipinski definition) is 3. The van der Waals surface area contributed by atoms with Crippen LogP contribution < -0.4 is 0 Å². The Balaban J connectivity index is 3.05. The lowest BCUT2D eigenvalue weighted by Crippen LogP contribution is -2.54. The fraction of sp³-hybridized carbons (Fsp3) is 0.733. The van der Waals surface area contributed by atoms with E-state index in [1.165, 1.54) is 0 Å². The van der Waals surface area contributed by atoms with Crippen LogP contribution in [0.4, 0.5) is 0 Å². The van der Waals surface area contributed by atoms with Gasteiger partial charge in [0.05, 0.1) is 12.7 Å². The van der Waals surface area contributed by atoms with Gasteiger partial charge in [-0.25, -0.2) is 0 Å². The number of hydrogen-bond donors (Lipinski definition) is 3. The molecule has 0 aromatic rings. The Labute approximate surface area is 110 Å². The molecule has 0 saturated heterocycles. The smallest absolute Gasteiger partial charge is 0.133 e. The van der Waals surface area contributed by atoms with Gasteiger partial charge in [-0.15, -0.1) is 0 Å². The molecule has 18 heavy (non-hydrogen) atoms. The Bertz CT molecular complexity index is 386. The van der Waals surface area contributed by atoms with Gasteiger partial charge in [0.25, 0.3) is 0 Å². The SMILES string of the molecule is C/C(C#C[C@]1(O)C(C)C[C@@H](O)CC1(C)C)=C\CO. The van der Waals surface area contributed by atoms with Crippen molar-refractivity contribution in [2.45, 2.75) is 52.2 Å². The Kier molecular flexibility index (Phi) is 4.61. The van der Waals surface area contributed by atoms with Crippen molar-refractivity contribution in [3.63, 3.8) is 0 Å². The molecule has 0 amide bonds. The lowest BCUT2D eigenvalue weighted by atomic mass is 9.60. The van der Waals surface area contributed by atoms with Crippen molar-refractivity contribution in [1.82, 2.24) is 0 Å². The van der Waals surface area contributed by atoms with Crippen LogP contribution >= 0.6 is 0 Å². The van der Waals surface area contributed by atoms with Crippen molar-refractivity contribution in [2.24, 2.45) is 11.3 Å². The molecule has 1 aliphatic rings. The molecule has 1 fully saturated rings. The highest BCUT2D eigenvalue weighted by atomic mass is 16.3. The third kappa shape index (κ3) is 2.95. The monoisotopic (exact) mass is 252 g/mol. The zero-order valence-corrected chi connectivity index (χ0v) is 11.7. The molecule has 3 atom stereocenters. The summed E-state index contributed by atoms with van der Waals surface area (Å²) in [7, 11) is 0. The van der Waals surface area contributed by atoms with E-state index in [1.54, 1.807) is 6.08 Å². The Morgan fingerprint density at radius 2 is 2.06 bits per heavy atom.